The van der Waals surface area contributed by atoms with Crippen LogP contribution in [0.25, 0.3) is 0 Å². The average Bonchev–Trinajstić information content (AvgIpc) is 2.38. The Hall–Kier alpha value is -1.66. The van der Waals surface area contributed by atoms with Crippen LogP contribution in [0.15, 0.2) is 41.8 Å². The lowest BCUT2D eigenvalue weighted by atomic mass is 10.2. The van der Waals surface area contributed by atoms with Crippen LogP contribution in [0, 0.1) is 6.92 Å². The number of hydrogen-bond donors (Lipinski definition) is 1. The molecule has 6 heteroatoms. The molecule has 0 bridgehead atoms. The molecule has 0 saturated heterocycles. The number of carbonyl (C=O) groups is 1. The first-order valence-corrected chi connectivity index (χ1v) is 7.22. The highest BCUT2D eigenvalue weighted by molar-refractivity contribution is 7.86. The molecule has 0 aliphatic heterocycles. The molecule has 0 heterocycles. The normalized spacial score (nSPS) is 12.7. The molecule has 0 spiro atoms. The number of aryl methyl sites for hydroxylation is 1. The summed E-state index contributed by atoms with van der Waals surface area (Å²) in [5.41, 5.74) is 0.950. The van der Waals surface area contributed by atoms with Crippen molar-refractivity contribution in [1.82, 2.24) is 5.32 Å². The topological polar surface area (TPSA) is 72.5 Å². The third-order valence-corrected chi connectivity index (χ3v) is 3.75. The predicted molar refractivity (Wildman–Crippen MR) is 71.9 cm³/mol. The zero-order chi connectivity index (χ0) is 14.5. The van der Waals surface area contributed by atoms with Crippen LogP contribution in [0.3, 0.4) is 0 Å². The first-order valence-electron chi connectivity index (χ1n) is 5.82. The molecule has 0 aliphatic rings. The Bertz CT molecular complexity index is 549. The quantitative estimate of drug-likeness (QED) is 0.490. The second-order valence-corrected chi connectivity index (χ2v) is 5.55. The van der Waals surface area contributed by atoms with Gasteiger partial charge < -0.3 is 5.32 Å². The summed E-state index contributed by atoms with van der Waals surface area (Å²) in [5.74, 6) is -0.481. The van der Waals surface area contributed by atoms with Crippen molar-refractivity contribution in [1.29, 1.82) is 0 Å². The minimum absolute atomic E-state index is 0.0596. The lowest BCUT2D eigenvalue weighted by molar-refractivity contribution is -0.118. The van der Waals surface area contributed by atoms with Crippen molar-refractivity contribution in [3.63, 3.8) is 0 Å². The maximum absolute atomic E-state index is 12.0. The van der Waals surface area contributed by atoms with E-state index in [2.05, 4.69) is 11.9 Å². The Morgan fingerprint density at radius 3 is 2.47 bits per heavy atom. The predicted octanol–water partition coefficient (Wildman–Crippen LogP) is 1.74. The molecule has 5 nitrogen and oxygen atoms in total. The van der Waals surface area contributed by atoms with E-state index in [1.165, 1.54) is 12.1 Å². The average molecular weight is 283 g/mol. The molecule has 1 N–H and O–H groups in total. The third-order valence-electron chi connectivity index (χ3n) is 2.41. The minimum atomic E-state index is -3.89. The monoisotopic (exact) mass is 283 g/mol. The van der Waals surface area contributed by atoms with E-state index in [9.17, 15) is 13.2 Å². The van der Waals surface area contributed by atoms with Gasteiger partial charge in [0.1, 0.15) is 6.23 Å². The van der Waals surface area contributed by atoms with Gasteiger partial charge in [0, 0.05) is 0 Å². The molecule has 0 fully saturated rings. The van der Waals surface area contributed by atoms with Gasteiger partial charge in [-0.15, -0.1) is 0 Å². The molecular formula is C13H17NO4S. The number of nitrogens with one attached hydrogen (secondary N) is 1. The van der Waals surface area contributed by atoms with Crippen LogP contribution in [0.4, 0.5) is 0 Å². The van der Waals surface area contributed by atoms with E-state index in [0.717, 1.165) is 11.6 Å². The van der Waals surface area contributed by atoms with Gasteiger partial charge in [0.05, 0.1) is 4.90 Å². The number of carbonyl (C=O) groups excluding carboxylic acids is 1. The van der Waals surface area contributed by atoms with Crippen LogP contribution in [0.1, 0.15) is 18.9 Å². The van der Waals surface area contributed by atoms with E-state index in [4.69, 9.17) is 4.18 Å². The number of benzene rings is 1. The molecule has 0 aromatic heterocycles. The van der Waals surface area contributed by atoms with Crippen LogP contribution in [0.2, 0.25) is 0 Å². The van der Waals surface area contributed by atoms with E-state index in [1.807, 2.05) is 6.92 Å². The highest BCUT2D eigenvalue weighted by atomic mass is 32.2. The van der Waals surface area contributed by atoms with Crippen LogP contribution in [-0.4, -0.2) is 20.6 Å². The molecule has 1 rings (SSSR count). The molecule has 104 valence electrons. The Kier molecular flexibility index (Phi) is 5.26. The molecule has 1 aromatic carbocycles. The van der Waals surface area contributed by atoms with Gasteiger partial charge in [-0.2, -0.15) is 8.42 Å². The van der Waals surface area contributed by atoms with Gasteiger partial charge in [-0.3, -0.25) is 4.79 Å². The summed E-state index contributed by atoms with van der Waals surface area (Å²) in [5, 5.41) is 2.40. The maximum Gasteiger partial charge on any atom is 0.298 e. The van der Waals surface area contributed by atoms with E-state index >= 15 is 0 Å². The highest BCUT2D eigenvalue weighted by Gasteiger charge is 2.21. The minimum Gasteiger partial charge on any atom is -0.326 e. The van der Waals surface area contributed by atoms with Gasteiger partial charge >= 0.3 is 0 Å². The van der Waals surface area contributed by atoms with Crippen LogP contribution >= 0.6 is 0 Å². The first kappa shape index (κ1) is 15.4. The smallest absolute Gasteiger partial charge is 0.298 e. The molecule has 19 heavy (non-hydrogen) atoms. The van der Waals surface area contributed by atoms with Gasteiger partial charge in [-0.05, 0) is 31.6 Å². The van der Waals surface area contributed by atoms with Crippen molar-refractivity contribution >= 4 is 16.0 Å². The van der Waals surface area contributed by atoms with Crippen molar-refractivity contribution in [2.24, 2.45) is 0 Å². The Balaban J connectivity index is 2.85. The fraction of sp³-hybridized carbons (Fsp3) is 0.308. The maximum atomic E-state index is 12.0. The van der Waals surface area contributed by atoms with Crippen molar-refractivity contribution in [3.8, 4) is 0 Å². The first-order chi connectivity index (χ1) is 8.89. The molecule has 0 radical (unpaired) electrons. The van der Waals surface area contributed by atoms with Crippen LogP contribution in [0.5, 0.6) is 0 Å². The zero-order valence-electron chi connectivity index (χ0n) is 10.9. The second kappa shape index (κ2) is 6.49. The van der Waals surface area contributed by atoms with Crippen molar-refractivity contribution < 1.29 is 17.4 Å². The summed E-state index contributed by atoms with van der Waals surface area (Å²) in [6, 6.07) is 6.29. The van der Waals surface area contributed by atoms with Crippen LogP contribution < -0.4 is 5.32 Å². The van der Waals surface area contributed by atoms with Gasteiger partial charge in [-0.25, -0.2) is 4.18 Å². The molecule has 0 saturated carbocycles. The Morgan fingerprint density at radius 1 is 1.42 bits per heavy atom. The summed E-state index contributed by atoms with van der Waals surface area (Å²) < 4.78 is 28.9. The zero-order valence-corrected chi connectivity index (χ0v) is 11.7. The van der Waals surface area contributed by atoms with Gasteiger partial charge in [0.2, 0.25) is 5.91 Å². The molecule has 1 amide bonds. The summed E-state index contributed by atoms with van der Waals surface area (Å²) >= 11 is 0. The summed E-state index contributed by atoms with van der Waals surface area (Å²) in [4.78, 5) is 11.2. The van der Waals surface area contributed by atoms with Crippen molar-refractivity contribution in [2.75, 3.05) is 0 Å². The van der Waals surface area contributed by atoms with E-state index in [1.54, 1.807) is 19.1 Å². The Labute approximate surface area is 113 Å². The largest absolute Gasteiger partial charge is 0.326 e. The van der Waals surface area contributed by atoms with Gasteiger partial charge in [-0.1, -0.05) is 31.2 Å². The fourth-order valence-corrected chi connectivity index (χ4v) is 2.40. The molecule has 1 aromatic rings. The van der Waals surface area contributed by atoms with Gasteiger partial charge in [0.15, 0.2) is 0 Å². The number of rotatable bonds is 6. The molecule has 0 aliphatic carbocycles. The third kappa shape index (κ3) is 4.50. The van der Waals surface area contributed by atoms with E-state index in [-0.39, 0.29) is 4.90 Å². The van der Waals surface area contributed by atoms with Crippen molar-refractivity contribution in [3.05, 3.63) is 42.5 Å². The molecule has 1 atom stereocenters. The standard InChI is InChI=1S/C13H17NO4S/c1-4-12(15)14-13(5-2)18-19(16,17)11-8-6-10(3)7-9-11/h4,6-9,13H,1,5H2,2-3H3,(H,14,15). The Morgan fingerprint density at radius 2 is 2.00 bits per heavy atom. The molecular weight excluding hydrogens is 266 g/mol. The van der Waals surface area contributed by atoms with E-state index < -0.39 is 22.3 Å². The highest BCUT2D eigenvalue weighted by Crippen LogP contribution is 2.15. The lowest BCUT2D eigenvalue weighted by Gasteiger charge is -2.16. The summed E-state index contributed by atoms with van der Waals surface area (Å²) in [7, 11) is -3.89. The summed E-state index contributed by atoms with van der Waals surface area (Å²) in [6.07, 6.45) is 0.478. The SMILES string of the molecule is C=CC(=O)NC(CC)OS(=O)(=O)c1ccc(C)cc1. The van der Waals surface area contributed by atoms with Crippen molar-refractivity contribution in [2.45, 2.75) is 31.4 Å². The molecule has 1 unspecified atom stereocenters. The van der Waals surface area contributed by atoms with Crippen LogP contribution in [-0.2, 0) is 19.1 Å². The second-order valence-electron chi connectivity index (χ2n) is 3.97. The van der Waals surface area contributed by atoms with Gasteiger partial charge in [0.25, 0.3) is 10.1 Å². The number of hydrogen-bond acceptors (Lipinski definition) is 4. The lowest BCUT2D eigenvalue weighted by Crippen LogP contribution is -2.36. The summed E-state index contributed by atoms with van der Waals surface area (Å²) in [6.45, 7) is 6.86. The number of amides is 1. The van der Waals surface area contributed by atoms with E-state index in [0.29, 0.717) is 6.42 Å². The fourth-order valence-electron chi connectivity index (χ4n) is 1.33.